The van der Waals surface area contributed by atoms with Crippen LogP contribution >= 0.6 is 0 Å². The first kappa shape index (κ1) is 16.1. The number of carbonyl (C=O) groups is 2. The molecule has 0 aromatic heterocycles. The number of rotatable bonds is 6. The number of nitrogens with two attached hydrogens (primary N) is 1. The van der Waals surface area contributed by atoms with Crippen molar-refractivity contribution in [2.45, 2.75) is 32.7 Å². The third-order valence-electron chi connectivity index (χ3n) is 4.04. The average Bonchev–Trinajstić information content (AvgIpc) is 2.59. The van der Waals surface area contributed by atoms with Crippen LogP contribution in [0.25, 0.3) is 0 Å². The summed E-state index contributed by atoms with van der Waals surface area (Å²) in [6.45, 7) is 4.11. The topological polar surface area (TPSA) is 60.2 Å². The molecule has 3 nitrogen and oxygen atoms in total. The zero-order chi connectivity index (χ0) is 16.1. The lowest BCUT2D eigenvalue weighted by Crippen LogP contribution is -2.16. The Bertz CT molecular complexity index is 632. The molecule has 0 spiro atoms. The van der Waals surface area contributed by atoms with E-state index in [4.69, 9.17) is 5.73 Å². The van der Waals surface area contributed by atoms with Gasteiger partial charge in [-0.05, 0) is 35.1 Å². The van der Waals surface area contributed by atoms with Crippen LogP contribution in [0.5, 0.6) is 0 Å². The fraction of sp³-hybridized carbons (Fsp3) is 0.263. The molecule has 0 fully saturated rings. The molecule has 0 bridgehead atoms. The number of aryl methyl sites for hydroxylation is 2. The van der Waals surface area contributed by atoms with Crippen LogP contribution in [-0.2, 0) is 12.8 Å². The van der Waals surface area contributed by atoms with Crippen LogP contribution in [0.15, 0.2) is 36.4 Å². The second-order valence-corrected chi connectivity index (χ2v) is 5.35. The smallest absolute Gasteiger partial charge is 0.150 e. The van der Waals surface area contributed by atoms with Crippen LogP contribution in [0.4, 0.5) is 0 Å². The molecule has 0 aliphatic rings. The molecule has 22 heavy (non-hydrogen) atoms. The molecule has 0 atom stereocenters. The average molecular weight is 295 g/mol. The minimum Gasteiger partial charge on any atom is -0.320 e. The zero-order valence-electron chi connectivity index (χ0n) is 13.0. The Kier molecular flexibility index (Phi) is 5.23. The van der Waals surface area contributed by atoms with Gasteiger partial charge in [-0.1, -0.05) is 50.2 Å². The zero-order valence-corrected chi connectivity index (χ0v) is 13.0. The first-order valence-electron chi connectivity index (χ1n) is 7.56. The fourth-order valence-electron chi connectivity index (χ4n) is 2.61. The highest BCUT2D eigenvalue weighted by Crippen LogP contribution is 2.27. The van der Waals surface area contributed by atoms with Crippen LogP contribution in [-0.4, -0.2) is 12.6 Å². The van der Waals surface area contributed by atoms with Gasteiger partial charge in [-0.15, -0.1) is 0 Å². The molecule has 0 aliphatic heterocycles. The molecular formula is C19H21NO2. The van der Waals surface area contributed by atoms with E-state index in [1.165, 1.54) is 0 Å². The van der Waals surface area contributed by atoms with Crippen LogP contribution < -0.4 is 5.73 Å². The van der Waals surface area contributed by atoms with Crippen LogP contribution in [0.1, 0.15) is 62.9 Å². The van der Waals surface area contributed by atoms with E-state index in [0.29, 0.717) is 11.1 Å². The van der Waals surface area contributed by atoms with Gasteiger partial charge in [0.15, 0.2) is 0 Å². The normalized spacial score (nSPS) is 10.7. The van der Waals surface area contributed by atoms with Gasteiger partial charge in [0.2, 0.25) is 0 Å². The van der Waals surface area contributed by atoms with Crippen LogP contribution in [0.3, 0.4) is 0 Å². The van der Waals surface area contributed by atoms with Gasteiger partial charge in [0.1, 0.15) is 12.6 Å². The van der Waals surface area contributed by atoms with E-state index >= 15 is 0 Å². The fourth-order valence-corrected chi connectivity index (χ4v) is 2.61. The molecule has 114 valence electrons. The van der Waals surface area contributed by atoms with Crippen molar-refractivity contribution >= 4 is 12.6 Å². The van der Waals surface area contributed by atoms with Gasteiger partial charge in [-0.25, -0.2) is 0 Å². The van der Waals surface area contributed by atoms with E-state index in [9.17, 15) is 9.59 Å². The minimum absolute atomic E-state index is 0.488. The Morgan fingerprint density at radius 1 is 0.864 bits per heavy atom. The lowest BCUT2D eigenvalue weighted by Gasteiger charge is -2.18. The highest BCUT2D eigenvalue weighted by atomic mass is 16.1. The second kappa shape index (κ2) is 7.14. The Hall–Kier alpha value is -2.26. The Balaban J connectivity index is 2.58. The number of hydrogen-bond donors (Lipinski definition) is 1. The highest BCUT2D eigenvalue weighted by molar-refractivity contribution is 5.81. The van der Waals surface area contributed by atoms with E-state index in [1.807, 2.05) is 24.3 Å². The van der Waals surface area contributed by atoms with Crippen molar-refractivity contribution in [2.24, 2.45) is 5.73 Å². The summed E-state index contributed by atoms with van der Waals surface area (Å²) >= 11 is 0. The summed E-state index contributed by atoms with van der Waals surface area (Å²) in [5.41, 5.74) is 11.3. The van der Waals surface area contributed by atoms with Crippen LogP contribution in [0.2, 0.25) is 0 Å². The van der Waals surface area contributed by atoms with E-state index in [1.54, 1.807) is 12.1 Å². The van der Waals surface area contributed by atoms with Gasteiger partial charge in [0.05, 0.1) is 6.04 Å². The van der Waals surface area contributed by atoms with E-state index in [0.717, 1.165) is 47.7 Å². The van der Waals surface area contributed by atoms with E-state index < -0.39 is 6.04 Å². The van der Waals surface area contributed by atoms with Crippen molar-refractivity contribution in [1.29, 1.82) is 0 Å². The third-order valence-corrected chi connectivity index (χ3v) is 4.04. The third kappa shape index (κ3) is 3.15. The maximum Gasteiger partial charge on any atom is 0.150 e. The summed E-state index contributed by atoms with van der Waals surface area (Å²) in [6.07, 6.45) is 3.38. The molecule has 0 heterocycles. The lowest BCUT2D eigenvalue weighted by molar-refractivity contribution is 0.111. The molecule has 0 saturated carbocycles. The number of aldehydes is 2. The van der Waals surface area contributed by atoms with Crippen molar-refractivity contribution in [3.63, 3.8) is 0 Å². The summed E-state index contributed by atoms with van der Waals surface area (Å²) in [7, 11) is 0. The molecule has 0 amide bonds. The molecule has 0 saturated heterocycles. The largest absolute Gasteiger partial charge is 0.320 e. The summed E-state index contributed by atoms with van der Waals surface area (Å²) in [5, 5.41) is 0. The SMILES string of the molecule is CCc1ccc(C=O)c(C(N)c2cc(CC)ccc2C=O)c1. The number of hydrogen-bond acceptors (Lipinski definition) is 3. The monoisotopic (exact) mass is 295 g/mol. The number of benzene rings is 2. The van der Waals surface area contributed by atoms with Gasteiger partial charge in [-0.3, -0.25) is 9.59 Å². The molecule has 2 rings (SSSR count). The molecule has 0 unspecified atom stereocenters. The molecule has 0 aliphatic carbocycles. The molecule has 2 N–H and O–H groups in total. The Labute approximate surface area is 131 Å². The summed E-state index contributed by atoms with van der Waals surface area (Å²) in [6, 6.07) is 10.9. The maximum absolute atomic E-state index is 11.3. The maximum atomic E-state index is 11.3. The van der Waals surface area contributed by atoms with E-state index in [-0.39, 0.29) is 0 Å². The Morgan fingerprint density at radius 3 is 1.59 bits per heavy atom. The quantitative estimate of drug-likeness (QED) is 0.830. The van der Waals surface area contributed by atoms with Gasteiger partial charge < -0.3 is 5.73 Å². The van der Waals surface area contributed by atoms with Gasteiger partial charge in [-0.2, -0.15) is 0 Å². The van der Waals surface area contributed by atoms with Crippen molar-refractivity contribution in [3.8, 4) is 0 Å². The van der Waals surface area contributed by atoms with Crippen molar-refractivity contribution < 1.29 is 9.59 Å². The van der Waals surface area contributed by atoms with Gasteiger partial charge in [0, 0.05) is 11.1 Å². The van der Waals surface area contributed by atoms with Crippen LogP contribution in [0, 0.1) is 0 Å². The molecule has 2 aromatic rings. The van der Waals surface area contributed by atoms with Crippen molar-refractivity contribution in [2.75, 3.05) is 0 Å². The standard InChI is InChI=1S/C19H21NO2/c1-3-13-5-7-15(11-21)17(9-13)19(20)18-10-14(4-2)6-8-16(18)12-22/h5-12,19H,3-4,20H2,1-2H3. The highest BCUT2D eigenvalue weighted by Gasteiger charge is 2.17. The predicted octanol–water partition coefficient (Wildman–Crippen LogP) is 3.48. The molecular weight excluding hydrogens is 274 g/mol. The summed E-state index contributed by atoms with van der Waals surface area (Å²) in [4.78, 5) is 22.6. The predicted molar refractivity (Wildman–Crippen MR) is 88.4 cm³/mol. The number of carbonyl (C=O) groups excluding carboxylic acids is 2. The Morgan fingerprint density at radius 2 is 1.27 bits per heavy atom. The minimum atomic E-state index is -0.488. The van der Waals surface area contributed by atoms with Crippen molar-refractivity contribution in [3.05, 3.63) is 69.8 Å². The molecule has 2 aromatic carbocycles. The van der Waals surface area contributed by atoms with E-state index in [2.05, 4.69) is 13.8 Å². The molecule has 0 radical (unpaired) electrons. The molecule has 3 heteroatoms. The van der Waals surface area contributed by atoms with Gasteiger partial charge in [0.25, 0.3) is 0 Å². The van der Waals surface area contributed by atoms with Crippen molar-refractivity contribution in [1.82, 2.24) is 0 Å². The van der Waals surface area contributed by atoms with Gasteiger partial charge >= 0.3 is 0 Å². The lowest BCUT2D eigenvalue weighted by atomic mass is 9.89. The first-order valence-corrected chi connectivity index (χ1v) is 7.56. The summed E-state index contributed by atoms with van der Waals surface area (Å²) < 4.78 is 0. The second-order valence-electron chi connectivity index (χ2n) is 5.35. The first-order chi connectivity index (χ1) is 10.6. The summed E-state index contributed by atoms with van der Waals surface area (Å²) in [5.74, 6) is 0.